The van der Waals surface area contributed by atoms with Gasteiger partial charge < -0.3 is 9.84 Å². The second kappa shape index (κ2) is 6.39. The molecule has 0 spiro atoms. The Balaban J connectivity index is 2.15. The zero-order chi connectivity index (χ0) is 15.5. The van der Waals surface area contributed by atoms with Crippen LogP contribution in [0.5, 0.6) is 5.75 Å². The number of halogens is 2. The summed E-state index contributed by atoms with van der Waals surface area (Å²) >= 11 is 0. The van der Waals surface area contributed by atoms with Gasteiger partial charge in [-0.2, -0.15) is 0 Å². The van der Waals surface area contributed by atoms with E-state index >= 15 is 0 Å². The van der Waals surface area contributed by atoms with Crippen LogP contribution in [0.4, 0.5) is 8.78 Å². The van der Waals surface area contributed by atoms with Crippen molar-refractivity contribution in [3.05, 3.63) is 29.8 Å². The molecule has 0 radical (unpaired) electrons. The lowest BCUT2D eigenvalue weighted by molar-refractivity contribution is -0.147. The second-order valence-corrected chi connectivity index (χ2v) is 5.34. The molecule has 1 unspecified atom stereocenters. The third-order valence-electron chi connectivity index (χ3n) is 3.69. The highest BCUT2D eigenvalue weighted by atomic mass is 19.1. The number of nitrogens with one attached hydrogen (secondary N) is 1. The molecule has 0 aliphatic heterocycles. The minimum atomic E-state index is -1.24. The van der Waals surface area contributed by atoms with Gasteiger partial charge in [-0.25, -0.2) is 8.78 Å². The first-order valence-corrected chi connectivity index (χ1v) is 7.06. The SMILES string of the molecule is CCCNC(COc1cc(F)ccc1F)(C(=O)O)C1CC1. The third kappa shape index (κ3) is 3.50. The van der Waals surface area contributed by atoms with Gasteiger partial charge >= 0.3 is 5.97 Å². The molecular formula is C15H19F2NO3. The minimum Gasteiger partial charge on any atom is -0.488 e. The molecule has 116 valence electrons. The van der Waals surface area contributed by atoms with Crippen LogP contribution in [-0.2, 0) is 4.79 Å². The van der Waals surface area contributed by atoms with E-state index in [2.05, 4.69) is 5.32 Å². The van der Waals surface area contributed by atoms with Crippen LogP contribution in [0.3, 0.4) is 0 Å². The van der Waals surface area contributed by atoms with Crippen LogP contribution in [0.1, 0.15) is 26.2 Å². The largest absolute Gasteiger partial charge is 0.488 e. The Kier molecular flexibility index (Phi) is 4.77. The molecule has 0 aromatic heterocycles. The Morgan fingerprint density at radius 3 is 2.76 bits per heavy atom. The zero-order valence-electron chi connectivity index (χ0n) is 11.9. The fraction of sp³-hybridized carbons (Fsp3) is 0.533. The summed E-state index contributed by atoms with van der Waals surface area (Å²) in [5, 5.41) is 12.6. The summed E-state index contributed by atoms with van der Waals surface area (Å²) in [7, 11) is 0. The number of hydrogen-bond donors (Lipinski definition) is 2. The number of ether oxygens (including phenoxy) is 1. The standard InChI is InChI=1S/C15H19F2NO3/c1-2-7-18-15(14(19)20,10-3-4-10)9-21-13-8-11(16)5-6-12(13)17/h5-6,8,10,18H,2-4,7,9H2,1H3,(H,19,20). The normalized spacial score (nSPS) is 17.3. The van der Waals surface area contributed by atoms with Gasteiger partial charge in [0.05, 0.1) is 0 Å². The van der Waals surface area contributed by atoms with E-state index in [1.54, 1.807) is 0 Å². The van der Waals surface area contributed by atoms with E-state index in [1.165, 1.54) is 0 Å². The molecule has 1 fully saturated rings. The smallest absolute Gasteiger partial charge is 0.327 e. The summed E-state index contributed by atoms with van der Waals surface area (Å²) in [5.41, 5.74) is -1.24. The average Bonchev–Trinajstić information content (AvgIpc) is 3.27. The molecule has 0 bridgehead atoms. The van der Waals surface area contributed by atoms with Crippen LogP contribution >= 0.6 is 0 Å². The van der Waals surface area contributed by atoms with Crippen molar-refractivity contribution < 1.29 is 23.4 Å². The molecule has 21 heavy (non-hydrogen) atoms. The van der Waals surface area contributed by atoms with Gasteiger partial charge in [0.25, 0.3) is 0 Å². The topological polar surface area (TPSA) is 58.6 Å². The van der Waals surface area contributed by atoms with Crippen LogP contribution < -0.4 is 10.1 Å². The molecule has 0 saturated heterocycles. The highest BCUT2D eigenvalue weighted by Gasteiger charge is 2.51. The first kappa shape index (κ1) is 15.7. The van der Waals surface area contributed by atoms with Crippen molar-refractivity contribution in [2.75, 3.05) is 13.2 Å². The molecule has 0 heterocycles. The molecule has 1 aliphatic carbocycles. The predicted octanol–water partition coefficient (Wildman–Crippen LogP) is 2.58. The Labute approximate surface area is 122 Å². The lowest BCUT2D eigenvalue weighted by atomic mass is 9.94. The first-order valence-electron chi connectivity index (χ1n) is 7.06. The van der Waals surface area contributed by atoms with Gasteiger partial charge in [0.2, 0.25) is 0 Å². The summed E-state index contributed by atoms with van der Waals surface area (Å²) in [5.74, 6) is -2.66. The van der Waals surface area contributed by atoms with Gasteiger partial charge in [-0.05, 0) is 43.9 Å². The highest BCUT2D eigenvalue weighted by Crippen LogP contribution is 2.40. The van der Waals surface area contributed by atoms with Crippen LogP contribution in [0.15, 0.2) is 18.2 Å². The van der Waals surface area contributed by atoms with Gasteiger partial charge in [0.1, 0.15) is 12.4 Å². The number of carboxylic acids is 1. The number of aliphatic carboxylic acids is 1. The van der Waals surface area contributed by atoms with E-state index in [1.807, 2.05) is 6.92 Å². The summed E-state index contributed by atoms with van der Waals surface area (Å²) in [6.45, 7) is 2.23. The Morgan fingerprint density at radius 1 is 1.48 bits per heavy atom. The third-order valence-corrected chi connectivity index (χ3v) is 3.69. The van der Waals surface area contributed by atoms with Crippen molar-refractivity contribution in [3.8, 4) is 5.75 Å². The molecule has 4 nitrogen and oxygen atoms in total. The maximum atomic E-state index is 13.6. The van der Waals surface area contributed by atoms with Gasteiger partial charge in [-0.3, -0.25) is 10.1 Å². The summed E-state index contributed by atoms with van der Waals surface area (Å²) in [4.78, 5) is 11.7. The molecule has 1 aliphatic rings. The van der Waals surface area contributed by atoms with E-state index in [4.69, 9.17) is 4.74 Å². The first-order chi connectivity index (χ1) is 9.99. The molecule has 1 aromatic rings. The molecule has 1 saturated carbocycles. The molecule has 2 N–H and O–H groups in total. The Morgan fingerprint density at radius 2 is 2.19 bits per heavy atom. The summed E-state index contributed by atoms with van der Waals surface area (Å²) in [6.07, 6.45) is 2.35. The monoisotopic (exact) mass is 299 g/mol. The number of hydrogen-bond acceptors (Lipinski definition) is 3. The van der Waals surface area contributed by atoms with Crippen molar-refractivity contribution in [1.29, 1.82) is 0 Å². The van der Waals surface area contributed by atoms with Crippen molar-refractivity contribution in [2.24, 2.45) is 5.92 Å². The van der Waals surface area contributed by atoms with Crippen LogP contribution in [0.2, 0.25) is 0 Å². The molecule has 2 rings (SSSR count). The van der Waals surface area contributed by atoms with Crippen molar-refractivity contribution >= 4 is 5.97 Å². The molecule has 1 atom stereocenters. The fourth-order valence-electron chi connectivity index (χ4n) is 2.33. The molecule has 1 aromatic carbocycles. The number of carbonyl (C=O) groups is 1. The lowest BCUT2D eigenvalue weighted by Crippen LogP contribution is -2.58. The minimum absolute atomic E-state index is 0.0434. The second-order valence-electron chi connectivity index (χ2n) is 5.34. The van der Waals surface area contributed by atoms with Crippen LogP contribution in [0.25, 0.3) is 0 Å². The van der Waals surface area contributed by atoms with Gasteiger partial charge in [0.15, 0.2) is 17.1 Å². The predicted molar refractivity (Wildman–Crippen MR) is 73.2 cm³/mol. The van der Waals surface area contributed by atoms with Crippen LogP contribution in [-0.4, -0.2) is 29.8 Å². The molecule has 6 heteroatoms. The van der Waals surface area contributed by atoms with Gasteiger partial charge in [0, 0.05) is 6.07 Å². The van der Waals surface area contributed by atoms with Crippen molar-refractivity contribution in [2.45, 2.75) is 31.7 Å². The van der Waals surface area contributed by atoms with E-state index in [0.29, 0.717) is 6.54 Å². The maximum Gasteiger partial charge on any atom is 0.327 e. The van der Waals surface area contributed by atoms with Gasteiger partial charge in [-0.1, -0.05) is 6.92 Å². The molecule has 0 amide bonds. The number of rotatable bonds is 8. The van der Waals surface area contributed by atoms with E-state index in [0.717, 1.165) is 37.5 Å². The highest BCUT2D eigenvalue weighted by molar-refractivity contribution is 5.80. The van der Waals surface area contributed by atoms with E-state index < -0.39 is 23.1 Å². The number of benzene rings is 1. The molecular weight excluding hydrogens is 280 g/mol. The lowest BCUT2D eigenvalue weighted by Gasteiger charge is -2.30. The van der Waals surface area contributed by atoms with Crippen LogP contribution in [0, 0.1) is 17.6 Å². The number of carboxylic acid groups (broad SMARTS) is 1. The van der Waals surface area contributed by atoms with E-state index in [9.17, 15) is 18.7 Å². The van der Waals surface area contributed by atoms with Crippen molar-refractivity contribution in [1.82, 2.24) is 5.32 Å². The van der Waals surface area contributed by atoms with E-state index in [-0.39, 0.29) is 18.3 Å². The maximum absolute atomic E-state index is 13.6. The Hall–Kier alpha value is -1.69. The fourth-order valence-corrected chi connectivity index (χ4v) is 2.33. The average molecular weight is 299 g/mol. The quantitative estimate of drug-likeness (QED) is 0.774. The van der Waals surface area contributed by atoms with Crippen molar-refractivity contribution in [3.63, 3.8) is 0 Å². The Bertz CT molecular complexity index is 520. The zero-order valence-corrected chi connectivity index (χ0v) is 11.9. The van der Waals surface area contributed by atoms with Gasteiger partial charge in [-0.15, -0.1) is 0 Å². The summed E-state index contributed by atoms with van der Waals surface area (Å²) < 4.78 is 32.0. The summed E-state index contributed by atoms with van der Waals surface area (Å²) in [6, 6.07) is 2.88.